The first kappa shape index (κ1) is 18.9. The Morgan fingerprint density at radius 3 is 1.61 bits per heavy atom. The Hall–Kier alpha value is -4.10. The molecule has 0 bridgehead atoms. The average molecular weight is 398 g/mol. The van der Waals surface area contributed by atoms with Crippen molar-refractivity contribution in [2.75, 3.05) is 5.32 Å². The Labute approximate surface area is 183 Å². The zero-order valence-electron chi connectivity index (χ0n) is 17.2. The highest BCUT2D eigenvalue weighted by Gasteiger charge is 2.20. The zero-order valence-corrected chi connectivity index (χ0v) is 17.2. The van der Waals surface area contributed by atoms with Crippen LogP contribution in [0.15, 0.2) is 139 Å². The number of allylic oxidation sites excluding steroid dienone is 5. The van der Waals surface area contributed by atoms with Gasteiger partial charge in [-0.25, -0.2) is 0 Å². The van der Waals surface area contributed by atoms with Crippen LogP contribution >= 0.6 is 0 Å². The Balaban J connectivity index is 1.72. The second-order valence-corrected chi connectivity index (χ2v) is 7.54. The normalized spacial score (nSPS) is 14.6. The molecule has 1 aliphatic carbocycles. The highest BCUT2D eigenvalue weighted by molar-refractivity contribution is 6.05. The Morgan fingerprint density at radius 1 is 0.484 bits per heavy atom. The molecule has 0 unspecified atom stereocenters. The van der Waals surface area contributed by atoms with Gasteiger partial charge < -0.3 is 5.32 Å². The topological polar surface area (TPSA) is 12.0 Å². The number of nitrogens with one attached hydrogen (secondary N) is 1. The Kier molecular flexibility index (Phi) is 5.32. The van der Waals surface area contributed by atoms with E-state index in [1.807, 2.05) is 6.07 Å². The molecule has 0 aliphatic heterocycles. The van der Waals surface area contributed by atoms with E-state index in [1.54, 1.807) is 0 Å². The molecule has 0 saturated heterocycles. The van der Waals surface area contributed by atoms with Gasteiger partial charge in [-0.1, -0.05) is 109 Å². The molecule has 0 spiro atoms. The van der Waals surface area contributed by atoms with Crippen LogP contribution in [0.1, 0.15) is 16.7 Å². The van der Waals surface area contributed by atoms with Gasteiger partial charge in [0, 0.05) is 11.3 Å². The fourth-order valence-corrected chi connectivity index (χ4v) is 3.93. The molecule has 0 fully saturated rings. The molecule has 0 saturated carbocycles. The minimum absolute atomic E-state index is 1.07. The van der Waals surface area contributed by atoms with Gasteiger partial charge in [-0.2, -0.15) is 0 Å². The largest absolute Gasteiger partial charge is 0.355 e. The fraction of sp³-hybridized carbons (Fsp3) is 0. The number of anilines is 1. The molecule has 1 N–H and O–H groups in total. The summed E-state index contributed by atoms with van der Waals surface area (Å²) in [5.41, 5.74) is 9.41. The quantitative estimate of drug-likeness (QED) is 0.364. The average Bonchev–Trinajstić information content (AvgIpc) is 3.30. The van der Waals surface area contributed by atoms with Crippen LogP contribution < -0.4 is 5.32 Å². The van der Waals surface area contributed by atoms with E-state index >= 15 is 0 Å². The SMILES string of the molecule is C1=C(c2ccccc2)C=C(c2ccccc2)/C1=C(\Nc1ccccc1)c1ccccc1. The van der Waals surface area contributed by atoms with Crippen molar-refractivity contribution < 1.29 is 0 Å². The van der Waals surface area contributed by atoms with E-state index in [4.69, 9.17) is 0 Å². The predicted octanol–water partition coefficient (Wildman–Crippen LogP) is 7.69. The van der Waals surface area contributed by atoms with Crippen molar-refractivity contribution in [3.63, 3.8) is 0 Å². The van der Waals surface area contributed by atoms with Crippen LogP contribution in [0.4, 0.5) is 5.69 Å². The molecule has 31 heavy (non-hydrogen) atoms. The monoisotopic (exact) mass is 397 g/mol. The molecule has 0 heterocycles. The minimum Gasteiger partial charge on any atom is -0.355 e. The zero-order chi connectivity index (χ0) is 20.9. The summed E-state index contributed by atoms with van der Waals surface area (Å²) in [6.45, 7) is 0. The van der Waals surface area contributed by atoms with Gasteiger partial charge >= 0.3 is 0 Å². The third-order valence-electron chi connectivity index (χ3n) is 5.46. The summed E-state index contributed by atoms with van der Waals surface area (Å²) in [5, 5.41) is 3.70. The lowest BCUT2D eigenvalue weighted by Gasteiger charge is -2.17. The fourth-order valence-electron chi connectivity index (χ4n) is 3.93. The van der Waals surface area contributed by atoms with Gasteiger partial charge in [0.1, 0.15) is 0 Å². The highest BCUT2D eigenvalue weighted by atomic mass is 14.9. The number of para-hydroxylation sites is 1. The molecule has 1 aliphatic rings. The van der Waals surface area contributed by atoms with Crippen LogP contribution in [0, 0.1) is 0 Å². The molecule has 4 aromatic carbocycles. The number of hydrogen-bond donors (Lipinski definition) is 1. The molecule has 0 radical (unpaired) electrons. The predicted molar refractivity (Wildman–Crippen MR) is 132 cm³/mol. The molecular formula is C30H23N. The summed E-state index contributed by atoms with van der Waals surface area (Å²) in [6, 6.07) is 42.1. The Morgan fingerprint density at radius 2 is 1.00 bits per heavy atom. The van der Waals surface area contributed by atoms with Gasteiger partial charge in [0.05, 0.1) is 5.70 Å². The second-order valence-electron chi connectivity index (χ2n) is 7.54. The lowest BCUT2D eigenvalue weighted by atomic mass is 9.96. The maximum Gasteiger partial charge on any atom is 0.0537 e. The molecule has 4 aromatic rings. The Bertz CT molecular complexity index is 1250. The molecule has 148 valence electrons. The molecule has 5 rings (SSSR count). The maximum absolute atomic E-state index is 3.70. The van der Waals surface area contributed by atoms with Gasteiger partial charge in [-0.3, -0.25) is 0 Å². The number of benzene rings is 4. The molecule has 0 aromatic heterocycles. The van der Waals surface area contributed by atoms with Crippen molar-refractivity contribution in [1.29, 1.82) is 0 Å². The van der Waals surface area contributed by atoms with E-state index in [9.17, 15) is 0 Å². The lowest BCUT2D eigenvalue weighted by molar-refractivity contribution is 1.50. The van der Waals surface area contributed by atoms with Gasteiger partial charge in [0.25, 0.3) is 0 Å². The minimum atomic E-state index is 1.07. The van der Waals surface area contributed by atoms with Crippen molar-refractivity contribution >= 4 is 22.5 Å². The number of hydrogen-bond acceptors (Lipinski definition) is 1. The van der Waals surface area contributed by atoms with Crippen LogP contribution in [0.3, 0.4) is 0 Å². The van der Waals surface area contributed by atoms with E-state index in [1.165, 1.54) is 27.8 Å². The molecule has 1 heteroatoms. The van der Waals surface area contributed by atoms with Crippen molar-refractivity contribution in [3.05, 3.63) is 156 Å². The summed E-state index contributed by atoms with van der Waals surface area (Å²) >= 11 is 0. The first-order chi connectivity index (χ1) is 15.4. The van der Waals surface area contributed by atoms with Crippen LogP contribution in [0.25, 0.3) is 16.8 Å². The first-order valence-corrected chi connectivity index (χ1v) is 10.5. The van der Waals surface area contributed by atoms with Crippen molar-refractivity contribution in [3.8, 4) is 0 Å². The van der Waals surface area contributed by atoms with E-state index in [-0.39, 0.29) is 0 Å². The summed E-state index contributed by atoms with van der Waals surface area (Å²) in [7, 11) is 0. The molecule has 1 nitrogen and oxygen atoms in total. The third kappa shape index (κ3) is 4.12. The number of rotatable bonds is 5. The standard InChI is InChI=1S/C30H23N/c1-5-13-23(14-6-1)26-21-28(24-15-7-2-8-16-24)29(22-26)30(25-17-9-3-10-18-25)31-27-19-11-4-12-20-27/h1-22,31H/b30-29-. The van der Waals surface area contributed by atoms with Gasteiger partial charge in [-0.15, -0.1) is 0 Å². The first-order valence-electron chi connectivity index (χ1n) is 10.5. The smallest absolute Gasteiger partial charge is 0.0537 e. The van der Waals surface area contributed by atoms with Crippen LogP contribution in [-0.4, -0.2) is 0 Å². The van der Waals surface area contributed by atoms with Gasteiger partial charge in [0.2, 0.25) is 0 Å². The van der Waals surface area contributed by atoms with Crippen LogP contribution in [-0.2, 0) is 0 Å². The third-order valence-corrected chi connectivity index (χ3v) is 5.46. The lowest BCUT2D eigenvalue weighted by Crippen LogP contribution is -2.03. The van der Waals surface area contributed by atoms with Gasteiger partial charge in [0.15, 0.2) is 0 Å². The molecule has 0 amide bonds. The summed E-state index contributed by atoms with van der Waals surface area (Å²) in [6.07, 6.45) is 4.60. The summed E-state index contributed by atoms with van der Waals surface area (Å²) in [5.74, 6) is 0. The van der Waals surface area contributed by atoms with Crippen LogP contribution in [0.5, 0.6) is 0 Å². The van der Waals surface area contributed by atoms with Crippen molar-refractivity contribution in [1.82, 2.24) is 0 Å². The molecular weight excluding hydrogens is 374 g/mol. The van der Waals surface area contributed by atoms with E-state index in [0.29, 0.717) is 0 Å². The maximum atomic E-state index is 3.70. The summed E-state index contributed by atoms with van der Waals surface area (Å²) in [4.78, 5) is 0. The van der Waals surface area contributed by atoms with Gasteiger partial charge in [-0.05, 0) is 52.1 Å². The highest BCUT2D eigenvalue weighted by Crippen LogP contribution is 2.40. The molecule has 0 atom stereocenters. The van der Waals surface area contributed by atoms with Crippen LogP contribution in [0.2, 0.25) is 0 Å². The van der Waals surface area contributed by atoms with Crippen molar-refractivity contribution in [2.24, 2.45) is 0 Å². The van der Waals surface area contributed by atoms with E-state index in [0.717, 1.165) is 16.9 Å². The summed E-state index contributed by atoms with van der Waals surface area (Å²) < 4.78 is 0. The van der Waals surface area contributed by atoms with Crippen molar-refractivity contribution in [2.45, 2.75) is 0 Å². The van der Waals surface area contributed by atoms with E-state index in [2.05, 4.69) is 133 Å². The van der Waals surface area contributed by atoms with E-state index < -0.39 is 0 Å². The second kappa shape index (κ2) is 8.73.